The number of benzene rings is 1. The lowest BCUT2D eigenvalue weighted by Crippen LogP contribution is -2.13. The number of nitrogens with zero attached hydrogens (tertiary/aromatic N) is 2. The van der Waals surface area contributed by atoms with Gasteiger partial charge in [0.15, 0.2) is 5.69 Å². The molecule has 3 rings (SSSR count). The zero-order valence-corrected chi connectivity index (χ0v) is 9.62. The van der Waals surface area contributed by atoms with Crippen LogP contribution < -0.4 is 0 Å². The van der Waals surface area contributed by atoms with Crippen LogP contribution in [0, 0.1) is 0 Å². The van der Waals surface area contributed by atoms with Crippen molar-refractivity contribution >= 4 is 16.9 Å². The highest BCUT2D eigenvalue weighted by Crippen LogP contribution is 2.33. The van der Waals surface area contributed by atoms with Crippen LogP contribution >= 0.6 is 0 Å². The third-order valence-electron chi connectivity index (χ3n) is 2.90. The summed E-state index contributed by atoms with van der Waals surface area (Å²) in [4.78, 5) is 16.0. The van der Waals surface area contributed by atoms with Gasteiger partial charge in [-0.1, -0.05) is 18.2 Å². The number of ether oxygens (including phenoxy) is 1. The van der Waals surface area contributed by atoms with Crippen LogP contribution in [0.1, 0.15) is 10.5 Å². The van der Waals surface area contributed by atoms with Crippen LogP contribution in [0.4, 0.5) is 0 Å². The average molecular weight is 242 g/mol. The van der Waals surface area contributed by atoms with Gasteiger partial charge in [-0.25, -0.2) is 9.78 Å². The Labute approximate surface area is 103 Å². The molecule has 0 amide bonds. The van der Waals surface area contributed by atoms with E-state index in [1.807, 2.05) is 24.3 Å². The minimum absolute atomic E-state index is 0.0335. The molecule has 2 aliphatic heterocycles. The highest BCUT2D eigenvalue weighted by atomic mass is 16.5. The molecule has 0 aromatic heterocycles. The van der Waals surface area contributed by atoms with Crippen molar-refractivity contribution in [2.75, 3.05) is 7.11 Å². The van der Waals surface area contributed by atoms with Crippen LogP contribution in [0.15, 0.2) is 36.5 Å². The normalized spacial score (nSPS) is 10.9. The number of hydrogen-bond donors (Lipinski definition) is 1. The summed E-state index contributed by atoms with van der Waals surface area (Å²) in [5.74, 6) is -0.620. The van der Waals surface area contributed by atoms with E-state index in [9.17, 15) is 10.0 Å². The highest BCUT2D eigenvalue weighted by Gasteiger charge is 2.23. The number of carbonyl (C=O) groups is 1. The molecule has 0 aliphatic carbocycles. The van der Waals surface area contributed by atoms with Crippen molar-refractivity contribution < 1.29 is 14.7 Å². The quantitative estimate of drug-likeness (QED) is 0.524. The van der Waals surface area contributed by atoms with Gasteiger partial charge in [0.2, 0.25) is 0 Å². The first-order chi connectivity index (χ1) is 8.72. The summed E-state index contributed by atoms with van der Waals surface area (Å²) in [5.41, 5.74) is 2.07. The van der Waals surface area contributed by atoms with Crippen molar-refractivity contribution in [1.29, 1.82) is 0 Å². The van der Waals surface area contributed by atoms with Crippen molar-refractivity contribution in [3.8, 4) is 11.3 Å². The maximum absolute atomic E-state index is 11.7. The minimum Gasteiger partial charge on any atom is -0.464 e. The average Bonchev–Trinajstić information content (AvgIpc) is 2.76. The third-order valence-corrected chi connectivity index (χ3v) is 2.90. The van der Waals surface area contributed by atoms with Gasteiger partial charge in [0, 0.05) is 17.1 Å². The number of fused-ring (bicyclic) bond motifs is 3. The molecule has 5 nitrogen and oxygen atoms in total. The molecule has 1 aromatic rings. The number of hydrogen-bond acceptors (Lipinski definition) is 4. The van der Waals surface area contributed by atoms with E-state index in [-0.39, 0.29) is 5.69 Å². The number of methoxy groups -OCH3 is 1. The Kier molecular flexibility index (Phi) is 2.19. The first-order valence-corrected chi connectivity index (χ1v) is 5.39. The summed E-state index contributed by atoms with van der Waals surface area (Å²) in [6.07, 6.45) is 1.41. The fourth-order valence-electron chi connectivity index (χ4n) is 2.07. The summed E-state index contributed by atoms with van der Waals surface area (Å²) >= 11 is 0. The summed E-state index contributed by atoms with van der Waals surface area (Å²) in [5, 5.41) is 10.7. The lowest BCUT2D eigenvalue weighted by atomic mass is 10.1. The van der Waals surface area contributed by atoms with Gasteiger partial charge in [0.25, 0.3) is 0 Å². The highest BCUT2D eigenvalue weighted by molar-refractivity contribution is 6.04. The summed E-state index contributed by atoms with van der Waals surface area (Å²) in [6.45, 7) is 0. The van der Waals surface area contributed by atoms with Gasteiger partial charge in [-0.2, -0.15) is 4.73 Å². The Balaban J connectivity index is 2.41. The summed E-state index contributed by atoms with van der Waals surface area (Å²) in [6, 6.07) is 9.28. The van der Waals surface area contributed by atoms with E-state index in [1.165, 1.54) is 13.3 Å². The smallest absolute Gasteiger partial charge is 0.360 e. The second-order valence-corrected chi connectivity index (χ2v) is 3.89. The molecule has 0 spiro atoms. The predicted octanol–water partition coefficient (Wildman–Crippen LogP) is 2.17. The molecule has 0 atom stereocenters. The van der Waals surface area contributed by atoms with Crippen LogP contribution in [-0.2, 0) is 4.74 Å². The van der Waals surface area contributed by atoms with Gasteiger partial charge in [-0.15, -0.1) is 0 Å². The largest absolute Gasteiger partial charge is 0.464 e. The number of pyridine rings is 1. The molecule has 1 aromatic carbocycles. The minimum atomic E-state index is -0.620. The Morgan fingerprint density at radius 3 is 2.89 bits per heavy atom. The molecule has 0 radical (unpaired) electrons. The van der Waals surface area contributed by atoms with Gasteiger partial charge in [0.05, 0.1) is 12.6 Å². The molecule has 18 heavy (non-hydrogen) atoms. The lowest BCUT2D eigenvalue weighted by Gasteiger charge is -2.09. The van der Waals surface area contributed by atoms with Crippen molar-refractivity contribution in [2.24, 2.45) is 0 Å². The molecule has 0 fully saturated rings. The summed E-state index contributed by atoms with van der Waals surface area (Å²) in [7, 11) is 1.27. The zero-order chi connectivity index (χ0) is 12.7. The van der Waals surface area contributed by atoms with Crippen LogP contribution in [0.3, 0.4) is 0 Å². The molecular formula is C13H10N2O3. The topological polar surface area (TPSA) is 64.3 Å². The Morgan fingerprint density at radius 2 is 2.11 bits per heavy atom. The van der Waals surface area contributed by atoms with Crippen LogP contribution in [-0.4, -0.2) is 28.0 Å². The predicted molar refractivity (Wildman–Crippen MR) is 64.9 cm³/mol. The van der Waals surface area contributed by atoms with Gasteiger partial charge < -0.3 is 9.94 Å². The standard InChI is InChI=1S/C13H10N2O3/c1-18-13(16)12-11-9(6-7-15(12)17)8-4-2-3-5-10(8)14-11/h2-7,17H,1H3. The van der Waals surface area contributed by atoms with Crippen molar-refractivity contribution in [3.05, 3.63) is 42.2 Å². The van der Waals surface area contributed by atoms with Crippen molar-refractivity contribution in [2.45, 2.75) is 0 Å². The van der Waals surface area contributed by atoms with Crippen LogP contribution in [0.5, 0.6) is 0 Å². The molecule has 5 heteroatoms. The Hall–Kier alpha value is -2.56. The fourth-order valence-corrected chi connectivity index (χ4v) is 2.07. The van der Waals surface area contributed by atoms with E-state index in [0.29, 0.717) is 5.69 Å². The molecule has 2 heterocycles. The maximum Gasteiger partial charge on any atom is 0.360 e. The second-order valence-electron chi connectivity index (χ2n) is 3.89. The van der Waals surface area contributed by atoms with Crippen LogP contribution in [0.25, 0.3) is 22.2 Å². The molecule has 2 aliphatic rings. The molecule has 90 valence electrons. The molecule has 0 unspecified atom stereocenters. The van der Waals surface area contributed by atoms with E-state index >= 15 is 0 Å². The van der Waals surface area contributed by atoms with E-state index in [1.54, 1.807) is 6.07 Å². The first kappa shape index (κ1) is 10.6. The number of carbonyl (C=O) groups excluding carboxylic acids is 1. The van der Waals surface area contributed by atoms with Gasteiger partial charge in [0.1, 0.15) is 5.69 Å². The van der Waals surface area contributed by atoms with Crippen LogP contribution in [0.2, 0.25) is 0 Å². The molecule has 0 bridgehead atoms. The van der Waals surface area contributed by atoms with Gasteiger partial charge >= 0.3 is 5.97 Å². The molecule has 1 N–H and O–H groups in total. The first-order valence-electron chi connectivity index (χ1n) is 5.39. The zero-order valence-electron chi connectivity index (χ0n) is 9.62. The fraction of sp³-hybridized carbons (Fsp3) is 0.0769. The monoisotopic (exact) mass is 242 g/mol. The van der Waals surface area contributed by atoms with Gasteiger partial charge in [-0.3, -0.25) is 0 Å². The maximum atomic E-state index is 11.7. The van der Waals surface area contributed by atoms with E-state index in [0.717, 1.165) is 21.2 Å². The Morgan fingerprint density at radius 1 is 1.33 bits per heavy atom. The SMILES string of the molecule is COC(=O)c1c2nc3ccccc3c-2ccn1O. The number of rotatable bonds is 1. The Bertz CT molecular complexity index is 718. The van der Waals surface area contributed by atoms with Gasteiger partial charge in [-0.05, 0) is 12.1 Å². The lowest BCUT2D eigenvalue weighted by molar-refractivity contribution is 0.0546. The second kappa shape index (κ2) is 3.73. The number of aromatic nitrogens is 2. The molecule has 0 saturated carbocycles. The van der Waals surface area contributed by atoms with E-state index in [2.05, 4.69) is 9.72 Å². The third kappa shape index (κ3) is 1.34. The van der Waals surface area contributed by atoms with E-state index in [4.69, 9.17) is 0 Å². The van der Waals surface area contributed by atoms with E-state index < -0.39 is 5.97 Å². The summed E-state index contributed by atoms with van der Waals surface area (Å²) < 4.78 is 5.40. The van der Waals surface area contributed by atoms with Crippen molar-refractivity contribution in [3.63, 3.8) is 0 Å². The number of para-hydroxylation sites is 1. The molecule has 0 saturated heterocycles. The van der Waals surface area contributed by atoms with Crippen molar-refractivity contribution in [1.82, 2.24) is 9.71 Å². The molecular weight excluding hydrogens is 232 g/mol. The number of esters is 1.